The van der Waals surface area contributed by atoms with Gasteiger partial charge >= 0.3 is 0 Å². The van der Waals surface area contributed by atoms with Crippen LogP contribution in [0.25, 0.3) is 0 Å². The largest absolute Gasteiger partial charge is 0.381 e. The van der Waals surface area contributed by atoms with Crippen molar-refractivity contribution in [3.05, 3.63) is 12.2 Å². The number of rotatable bonds is 2. The first-order chi connectivity index (χ1) is 5.34. The summed E-state index contributed by atoms with van der Waals surface area (Å²) in [4.78, 5) is 0. The molecule has 0 N–H and O–H groups in total. The maximum atomic E-state index is 5.42. The van der Waals surface area contributed by atoms with Crippen molar-refractivity contribution in [2.75, 3.05) is 13.2 Å². The predicted molar refractivity (Wildman–Crippen MR) is 47.5 cm³/mol. The van der Waals surface area contributed by atoms with Gasteiger partial charge in [-0.1, -0.05) is 19.1 Å². The first-order valence-electron chi connectivity index (χ1n) is 4.55. The maximum Gasteiger partial charge on any atom is 0.0499 e. The molecule has 1 aliphatic heterocycles. The van der Waals surface area contributed by atoms with Crippen LogP contribution in [0.2, 0.25) is 0 Å². The lowest BCUT2D eigenvalue weighted by Crippen LogP contribution is -2.22. The number of allylic oxidation sites excluding steroid dienone is 2. The monoisotopic (exact) mass is 154 g/mol. The van der Waals surface area contributed by atoms with E-state index in [9.17, 15) is 0 Å². The lowest BCUT2D eigenvalue weighted by atomic mass is 9.89. The van der Waals surface area contributed by atoms with Gasteiger partial charge in [0.05, 0.1) is 0 Å². The van der Waals surface area contributed by atoms with Gasteiger partial charge in [0.1, 0.15) is 0 Å². The second-order valence-electron chi connectivity index (χ2n) is 3.36. The summed E-state index contributed by atoms with van der Waals surface area (Å²) in [5.74, 6) is 1.46. The van der Waals surface area contributed by atoms with Crippen molar-refractivity contribution < 1.29 is 4.74 Å². The zero-order valence-corrected chi connectivity index (χ0v) is 7.55. The third-order valence-electron chi connectivity index (χ3n) is 2.44. The highest BCUT2D eigenvalue weighted by Crippen LogP contribution is 2.22. The number of hydrogen-bond acceptors (Lipinski definition) is 1. The highest BCUT2D eigenvalue weighted by atomic mass is 16.5. The highest BCUT2D eigenvalue weighted by Gasteiger charge is 2.17. The van der Waals surface area contributed by atoms with Crippen LogP contribution in [0.5, 0.6) is 0 Å². The van der Waals surface area contributed by atoms with Crippen LogP contribution < -0.4 is 0 Å². The number of hydrogen-bond donors (Lipinski definition) is 0. The normalized spacial score (nSPS) is 29.1. The topological polar surface area (TPSA) is 9.23 Å². The smallest absolute Gasteiger partial charge is 0.0499 e. The van der Waals surface area contributed by atoms with Gasteiger partial charge in [-0.2, -0.15) is 0 Å². The molecule has 0 saturated carbocycles. The molecule has 0 bridgehead atoms. The molecular formula is C10H18O. The van der Waals surface area contributed by atoms with Crippen LogP contribution in [0.15, 0.2) is 12.2 Å². The quantitative estimate of drug-likeness (QED) is 0.555. The van der Waals surface area contributed by atoms with Crippen LogP contribution >= 0.6 is 0 Å². The van der Waals surface area contributed by atoms with E-state index in [1.54, 1.807) is 0 Å². The highest BCUT2D eigenvalue weighted by molar-refractivity contribution is 4.87. The van der Waals surface area contributed by atoms with Gasteiger partial charge in [-0.05, 0) is 31.6 Å². The first kappa shape index (κ1) is 8.79. The second-order valence-corrected chi connectivity index (χ2v) is 3.36. The Morgan fingerprint density at radius 1 is 1.55 bits per heavy atom. The molecule has 0 spiro atoms. The van der Waals surface area contributed by atoms with Crippen molar-refractivity contribution >= 4 is 0 Å². The Morgan fingerprint density at radius 3 is 2.91 bits per heavy atom. The van der Waals surface area contributed by atoms with E-state index in [0.717, 1.165) is 19.1 Å². The maximum absolute atomic E-state index is 5.42. The van der Waals surface area contributed by atoms with E-state index >= 15 is 0 Å². The van der Waals surface area contributed by atoms with E-state index in [1.807, 2.05) is 0 Å². The van der Waals surface area contributed by atoms with Gasteiger partial charge in [-0.25, -0.2) is 0 Å². The lowest BCUT2D eigenvalue weighted by molar-refractivity contribution is 0.0418. The fourth-order valence-electron chi connectivity index (χ4n) is 1.64. The lowest BCUT2D eigenvalue weighted by Gasteiger charge is -2.25. The molecule has 11 heavy (non-hydrogen) atoms. The molecule has 1 heterocycles. The van der Waals surface area contributed by atoms with Crippen molar-refractivity contribution in [1.82, 2.24) is 0 Å². The minimum Gasteiger partial charge on any atom is -0.381 e. The molecule has 1 aliphatic rings. The molecular weight excluding hydrogens is 136 g/mol. The van der Waals surface area contributed by atoms with Crippen molar-refractivity contribution in [3.63, 3.8) is 0 Å². The van der Waals surface area contributed by atoms with E-state index in [2.05, 4.69) is 26.0 Å². The summed E-state index contributed by atoms with van der Waals surface area (Å²) in [5, 5.41) is 0. The van der Waals surface area contributed by atoms with E-state index in [-0.39, 0.29) is 0 Å². The van der Waals surface area contributed by atoms with Crippen molar-refractivity contribution in [3.8, 4) is 0 Å². The fourth-order valence-corrected chi connectivity index (χ4v) is 1.64. The first-order valence-corrected chi connectivity index (χ1v) is 4.55. The minimum absolute atomic E-state index is 0.695. The SMILES string of the molecule is C/C=C/C(C)C1CCCOC1. The molecule has 0 aliphatic carbocycles. The summed E-state index contributed by atoms with van der Waals surface area (Å²) in [6.07, 6.45) is 7.00. The Morgan fingerprint density at radius 2 is 2.36 bits per heavy atom. The van der Waals surface area contributed by atoms with Gasteiger partial charge in [0.2, 0.25) is 0 Å². The summed E-state index contributed by atoms with van der Waals surface area (Å²) < 4.78 is 5.42. The zero-order chi connectivity index (χ0) is 8.10. The summed E-state index contributed by atoms with van der Waals surface area (Å²) in [5.41, 5.74) is 0. The zero-order valence-electron chi connectivity index (χ0n) is 7.55. The minimum atomic E-state index is 0.695. The van der Waals surface area contributed by atoms with Gasteiger partial charge in [0.15, 0.2) is 0 Å². The molecule has 1 fully saturated rings. The third-order valence-corrected chi connectivity index (χ3v) is 2.44. The molecule has 2 unspecified atom stereocenters. The summed E-state index contributed by atoms with van der Waals surface area (Å²) in [6.45, 7) is 6.30. The Bertz CT molecular complexity index is 123. The Balaban J connectivity index is 2.32. The molecule has 1 heteroatoms. The molecule has 0 aromatic carbocycles. The van der Waals surface area contributed by atoms with Crippen LogP contribution in [0.3, 0.4) is 0 Å². The average Bonchev–Trinajstić information content (AvgIpc) is 2.07. The third kappa shape index (κ3) is 2.66. The molecule has 64 valence electrons. The van der Waals surface area contributed by atoms with Crippen LogP contribution in [-0.4, -0.2) is 13.2 Å². The Kier molecular flexibility index (Phi) is 3.64. The Labute approximate surface area is 69.4 Å². The van der Waals surface area contributed by atoms with Gasteiger partial charge in [-0.15, -0.1) is 0 Å². The molecule has 0 aromatic heterocycles. The van der Waals surface area contributed by atoms with Gasteiger partial charge < -0.3 is 4.74 Å². The van der Waals surface area contributed by atoms with Crippen molar-refractivity contribution in [1.29, 1.82) is 0 Å². The molecule has 1 saturated heterocycles. The van der Waals surface area contributed by atoms with E-state index < -0.39 is 0 Å². The standard InChI is InChI=1S/C10H18O/c1-3-5-9(2)10-6-4-7-11-8-10/h3,5,9-10H,4,6-8H2,1-2H3/b5-3+. The summed E-state index contributed by atoms with van der Waals surface area (Å²) in [7, 11) is 0. The van der Waals surface area contributed by atoms with E-state index in [0.29, 0.717) is 5.92 Å². The van der Waals surface area contributed by atoms with Crippen molar-refractivity contribution in [2.24, 2.45) is 11.8 Å². The molecule has 1 rings (SSSR count). The fraction of sp³-hybridized carbons (Fsp3) is 0.800. The molecule has 0 aromatic rings. The molecule has 0 radical (unpaired) electrons. The van der Waals surface area contributed by atoms with E-state index in [4.69, 9.17) is 4.74 Å². The molecule has 0 amide bonds. The van der Waals surface area contributed by atoms with Gasteiger partial charge in [0, 0.05) is 13.2 Å². The van der Waals surface area contributed by atoms with Gasteiger partial charge in [0.25, 0.3) is 0 Å². The average molecular weight is 154 g/mol. The van der Waals surface area contributed by atoms with Gasteiger partial charge in [-0.3, -0.25) is 0 Å². The number of ether oxygens (including phenoxy) is 1. The molecule has 2 atom stereocenters. The van der Waals surface area contributed by atoms with E-state index in [1.165, 1.54) is 12.8 Å². The predicted octanol–water partition coefficient (Wildman–Crippen LogP) is 2.63. The molecule has 1 nitrogen and oxygen atoms in total. The van der Waals surface area contributed by atoms with Crippen molar-refractivity contribution in [2.45, 2.75) is 26.7 Å². The van der Waals surface area contributed by atoms with Crippen LogP contribution in [-0.2, 0) is 4.74 Å². The Hall–Kier alpha value is -0.300. The van der Waals surface area contributed by atoms with Crippen LogP contribution in [0.4, 0.5) is 0 Å². The second kappa shape index (κ2) is 4.55. The summed E-state index contributed by atoms with van der Waals surface area (Å²) >= 11 is 0. The summed E-state index contributed by atoms with van der Waals surface area (Å²) in [6, 6.07) is 0. The van der Waals surface area contributed by atoms with Crippen LogP contribution in [0, 0.1) is 11.8 Å². The van der Waals surface area contributed by atoms with Crippen LogP contribution in [0.1, 0.15) is 26.7 Å².